The summed E-state index contributed by atoms with van der Waals surface area (Å²) in [5.74, 6) is 0.760. The second-order valence-electron chi connectivity index (χ2n) is 4.41. The summed E-state index contributed by atoms with van der Waals surface area (Å²) in [6.45, 7) is 4.12. The highest BCUT2D eigenvalue weighted by atomic mass is 35.5. The van der Waals surface area contributed by atoms with Crippen molar-refractivity contribution in [3.05, 3.63) is 28.8 Å². The van der Waals surface area contributed by atoms with Gasteiger partial charge in [-0.15, -0.1) is 0 Å². The monoisotopic (exact) mass is 255 g/mol. The molecule has 2 N–H and O–H groups in total. The number of carbonyl (C=O) groups excluding carboxylic acids is 1. The number of primary amides is 1. The number of ether oxygens (including phenoxy) is 1. The number of hydrogen-bond acceptors (Lipinski definition) is 2. The summed E-state index contributed by atoms with van der Waals surface area (Å²) >= 11 is 6.07. The lowest BCUT2D eigenvalue weighted by molar-refractivity contribution is -0.118. The molecule has 0 aromatic heterocycles. The van der Waals surface area contributed by atoms with Gasteiger partial charge in [-0.2, -0.15) is 0 Å². The lowest BCUT2D eigenvalue weighted by Crippen LogP contribution is -2.18. The fraction of sp³-hybridized carbons (Fsp3) is 0.462. The van der Waals surface area contributed by atoms with Crippen molar-refractivity contribution < 1.29 is 9.53 Å². The van der Waals surface area contributed by atoms with E-state index in [1.165, 1.54) is 0 Å². The Hall–Kier alpha value is -1.22. The summed E-state index contributed by atoms with van der Waals surface area (Å²) in [5, 5.41) is 0.556. The standard InChI is InChI=1S/C13H18ClNO2/c1-8(2)10(7-13(15)16)9-4-5-12(17-3)11(14)6-9/h4-6,8,10H,7H2,1-3H3,(H2,15,16). The summed E-state index contributed by atoms with van der Waals surface area (Å²) in [5.41, 5.74) is 6.28. The second-order valence-corrected chi connectivity index (χ2v) is 4.82. The van der Waals surface area contributed by atoms with Gasteiger partial charge in [0.15, 0.2) is 0 Å². The molecule has 0 aliphatic carbocycles. The molecule has 1 atom stereocenters. The SMILES string of the molecule is COc1ccc(C(CC(N)=O)C(C)C)cc1Cl. The van der Waals surface area contributed by atoms with Crippen LogP contribution in [-0.4, -0.2) is 13.0 Å². The fourth-order valence-corrected chi connectivity index (χ4v) is 2.13. The highest BCUT2D eigenvalue weighted by Gasteiger charge is 2.19. The van der Waals surface area contributed by atoms with Crippen molar-refractivity contribution in [2.24, 2.45) is 11.7 Å². The van der Waals surface area contributed by atoms with Crippen LogP contribution in [0.4, 0.5) is 0 Å². The summed E-state index contributed by atoms with van der Waals surface area (Å²) in [7, 11) is 1.57. The van der Waals surface area contributed by atoms with E-state index in [0.717, 1.165) is 5.56 Å². The molecule has 1 unspecified atom stereocenters. The van der Waals surface area contributed by atoms with Gasteiger partial charge in [0, 0.05) is 6.42 Å². The summed E-state index contributed by atoms with van der Waals surface area (Å²) < 4.78 is 5.10. The fourth-order valence-electron chi connectivity index (χ4n) is 1.87. The third-order valence-electron chi connectivity index (χ3n) is 2.83. The average molecular weight is 256 g/mol. The molecule has 1 amide bonds. The summed E-state index contributed by atoms with van der Waals surface area (Å²) in [6.07, 6.45) is 0.334. The van der Waals surface area contributed by atoms with Crippen LogP contribution in [0.25, 0.3) is 0 Å². The molecule has 4 heteroatoms. The van der Waals surface area contributed by atoms with Gasteiger partial charge in [0.2, 0.25) is 5.91 Å². The first kappa shape index (κ1) is 13.8. The van der Waals surface area contributed by atoms with E-state index in [-0.39, 0.29) is 11.8 Å². The molecular formula is C13H18ClNO2. The Kier molecular flexibility index (Phi) is 4.82. The molecule has 94 valence electrons. The summed E-state index contributed by atoms with van der Waals surface area (Å²) in [4.78, 5) is 11.1. The van der Waals surface area contributed by atoms with E-state index >= 15 is 0 Å². The van der Waals surface area contributed by atoms with Crippen LogP contribution in [0.5, 0.6) is 5.75 Å². The second kappa shape index (κ2) is 5.92. The van der Waals surface area contributed by atoms with E-state index in [9.17, 15) is 4.79 Å². The Labute approximate surface area is 107 Å². The van der Waals surface area contributed by atoms with Crippen LogP contribution in [0.1, 0.15) is 31.7 Å². The molecular weight excluding hydrogens is 238 g/mol. The highest BCUT2D eigenvalue weighted by Crippen LogP contribution is 2.33. The first-order chi connectivity index (χ1) is 7.95. The largest absolute Gasteiger partial charge is 0.495 e. The van der Waals surface area contributed by atoms with Gasteiger partial charge in [0.25, 0.3) is 0 Å². The number of benzene rings is 1. The van der Waals surface area contributed by atoms with Gasteiger partial charge < -0.3 is 10.5 Å². The van der Waals surface area contributed by atoms with Crippen LogP contribution in [-0.2, 0) is 4.79 Å². The molecule has 3 nitrogen and oxygen atoms in total. The van der Waals surface area contributed by atoms with Gasteiger partial charge in [-0.1, -0.05) is 31.5 Å². The van der Waals surface area contributed by atoms with E-state index in [0.29, 0.717) is 23.1 Å². The van der Waals surface area contributed by atoms with Crippen LogP contribution in [0.15, 0.2) is 18.2 Å². The molecule has 0 aliphatic rings. The molecule has 0 bridgehead atoms. The molecule has 0 spiro atoms. The van der Waals surface area contributed by atoms with E-state index < -0.39 is 0 Å². The van der Waals surface area contributed by atoms with Gasteiger partial charge in [-0.25, -0.2) is 0 Å². The highest BCUT2D eigenvalue weighted by molar-refractivity contribution is 6.32. The lowest BCUT2D eigenvalue weighted by Gasteiger charge is -2.20. The maximum Gasteiger partial charge on any atom is 0.218 e. The van der Waals surface area contributed by atoms with Gasteiger partial charge in [-0.3, -0.25) is 4.79 Å². The number of hydrogen-bond donors (Lipinski definition) is 1. The minimum atomic E-state index is -0.296. The molecule has 0 saturated carbocycles. The zero-order valence-electron chi connectivity index (χ0n) is 10.4. The van der Waals surface area contributed by atoms with Crippen LogP contribution >= 0.6 is 11.6 Å². The minimum Gasteiger partial charge on any atom is -0.495 e. The van der Waals surface area contributed by atoms with Crippen LogP contribution in [0.3, 0.4) is 0 Å². The van der Waals surface area contributed by atoms with Crippen molar-refractivity contribution in [1.82, 2.24) is 0 Å². The van der Waals surface area contributed by atoms with E-state index in [1.807, 2.05) is 18.2 Å². The van der Waals surface area contributed by atoms with Gasteiger partial charge >= 0.3 is 0 Å². The van der Waals surface area contributed by atoms with Crippen LogP contribution in [0.2, 0.25) is 5.02 Å². The lowest BCUT2D eigenvalue weighted by atomic mass is 9.85. The minimum absolute atomic E-state index is 0.0934. The third-order valence-corrected chi connectivity index (χ3v) is 3.13. The quantitative estimate of drug-likeness (QED) is 0.879. The van der Waals surface area contributed by atoms with Crippen molar-refractivity contribution in [1.29, 1.82) is 0 Å². The molecule has 17 heavy (non-hydrogen) atoms. The van der Waals surface area contributed by atoms with Crippen LogP contribution in [0, 0.1) is 5.92 Å². The van der Waals surface area contributed by atoms with Crippen molar-refractivity contribution in [3.63, 3.8) is 0 Å². The van der Waals surface area contributed by atoms with Gasteiger partial charge in [-0.05, 0) is 29.5 Å². The Bertz CT molecular complexity index is 404. The Morgan fingerprint density at radius 3 is 2.53 bits per heavy atom. The maximum absolute atomic E-state index is 11.1. The van der Waals surface area contributed by atoms with Crippen molar-refractivity contribution in [3.8, 4) is 5.75 Å². The average Bonchev–Trinajstić information content (AvgIpc) is 2.25. The zero-order chi connectivity index (χ0) is 13.0. The first-order valence-corrected chi connectivity index (χ1v) is 5.95. The Morgan fingerprint density at radius 1 is 1.47 bits per heavy atom. The molecule has 1 aromatic carbocycles. The Balaban J connectivity index is 3.02. The van der Waals surface area contributed by atoms with E-state index in [4.69, 9.17) is 22.1 Å². The normalized spacial score (nSPS) is 12.5. The summed E-state index contributed by atoms with van der Waals surface area (Å²) in [6, 6.07) is 5.58. The number of amides is 1. The smallest absolute Gasteiger partial charge is 0.218 e. The molecule has 0 saturated heterocycles. The third kappa shape index (κ3) is 3.63. The topological polar surface area (TPSA) is 52.3 Å². The Morgan fingerprint density at radius 2 is 2.12 bits per heavy atom. The number of nitrogens with two attached hydrogens (primary N) is 1. The predicted molar refractivity (Wildman–Crippen MR) is 69.4 cm³/mol. The predicted octanol–water partition coefficient (Wildman–Crippen LogP) is 2.96. The van der Waals surface area contributed by atoms with E-state index in [1.54, 1.807) is 7.11 Å². The number of carbonyl (C=O) groups is 1. The van der Waals surface area contributed by atoms with Crippen molar-refractivity contribution in [2.75, 3.05) is 7.11 Å². The number of methoxy groups -OCH3 is 1. The maximum atomic E-state index is 11.1. The zero-order valence-corrected chi connectivity index (χ0v) is 11.1. The van der Waals surface area contributed by atoms with E-state index in [2.05, 4.69) is 13.8 Å². The van der Waals surface area contributed by atoms with Crippen molar-refractivity contribution in [2.45, 2.75) is 26.2 Å². The number of rotatable bonds is 5. The van der Waals surface area contributed by atoms with Gasteiger partial charge in [0.1, 0.15) is 5.75 Å². The molecule has 1 rings (SSSR count). The van der Waals surface area contributed by atoms with Crippen LogP contribution < -0.4 is 10.5 Å². The van der Waals surface area contributed by atoms with Crippen molar-refractivity contribution >= 4 is 17.5 Å². The molecule has 0 aliphatic heterocycles. The molecule has 1 aromatic rings. The van der Waals surface area contributed by atoms with Gasteiger partial charge in [0.05, 0.1) is 12.1 Å². The molecule has 0 heterocycles. The first-order valence-electron chi connectivity index (χ1n) is 5.57. The molecule has 0 fully saturated rings. The number of halogens is 1. The molecule has 0 radical (unpaired) electrons.